The topological polar surface area (TPSA) is 150 Å². The van der Waals surface area contributed by atoms with Crippen LogP contribution in [-0.4, -0.2) is 116 Å². The van der Waals surface area contributed by atoms with Crippen LogP contribution < -0.4 is 20.7 Å². The van der Waals surface area contributed by atoms with Crippen LogP contribution in [0, 0.1) is 5.92 Å². The number of carbonyl (C=O) groups is 4. The van der Waals surface area contributed by atoms with E-state index in [2.05, 4.69) is 20.9 Å². The van der Waals surface area contributed by atoms with Gasteiger partial charge in [0.1, 0.15) is 24.4 Å². The van der Waals surface area contributed by atoms with Crippen LogP contribution in [0.15, 0.2) is 24.3 Å². The van der Waals surface area contributed by atoms with Crippen LogP contribution in [-0.2, 0) is 19.1 Å². The highest BCUT2D eigenvalue weighted by molar-refractivity contribution is 6.00. The van der Waals surface area contributed by atoms with E-state index in [0.29, 0.717) is 38.5 Å². The molecule has 3 rings (SSSR count). The molecule has 2 heterocycles. The number of ether oxygens (including phenoxy) is 2. The summed E-state index contributed by atoms with van der Waals surface area (Å²) in [5, 5.41) is 18.5. The standard InChI is InChI=1S/C28H43N5O7/c1-18(2)22-17-40-23-8-6-5-7-20(23)26(36)29-21(9-10-24(35)31-25(19(3)34)27(37)30-22)28(38)33-13-11-32(12-14-33)15-16-39-4/h5-8,18-19,21-22,25,34H,9-17H2,1-4H3,(H,29,36)(H,30,37)(H,31,35)/t19-,21+,22-,25+/m1/s1. The Morgan fingerprint density at radius 3 is 2.42 bits per heavy atom. The molecule has 4 atom stereocenters. The predicted molar refractivity (Wildman–Crippen MR) is 148 cm³/mol. The van der Waals surface area contributed by atoms with Gasteiger partial charge in [-0.1, -0.05) is 26.0 Å². The van der Waals surface area contributed by atoms with Gasteiger partial charge in [-0.15, -0.1) is 0 Å². The molecule has 0 spiro atoms. The Kier molecular flexibility index (Phi) is 11.7. The number of para-hydroxylation sites is 1. The second-order valence-corrected chi connectivity index (χ2v) is 10.7. The van der Waals surface area contributed by atoms with E-state index in [9.17, 15) is 24.3 Å². The van der Waals surface area contributed by atoms with Crippen LogP contribution in [0.2, 0.25) is 0 Å². The van der Waals surface area contributed by atoms with E-state index >= 15 is 0 Å². The maximum Gasteiger partial charge on any atom is 0.255 e. The van der Waals surface area contributed by atoms with Crippen molar-refractivity contribution in [2.45, 2.75) is 57.8 Å². The third kappa shape index (κ3) is 8.64. The fourth-order valence-electron chi connectivity index (χ4n) is 4.69. The normalized spacial score (nSPS) is 24.5. The summed E-state index contributed by atoms with van der Waals surface area (Å²) in [5.41, 5.74) is 0.250. The number of aliphatic hydroxyl groups is 1. The van der Waals surface area contributed by atoms with E-state index < -0.39 is 42.0 Å². The first-order valence-corrected chi connectivity index (χ1v) is 13.9. The maximum atomic E-state index is 13.6. The van der Waals surface area contributed by atoms with Gasteiger partial charge in [0.2, 0.25) is 17.7 Å². The number of fused-ring (bicyclic) bond motifs is 1. The van der Waals surface area contributed by atoms with Crippen molar-refractivity contribution < 1.29 is 33.8 Å². The van der Waals surface area contributed by atoms with Crippen LogP contribution in [0.25, 0.3) is 0 Å². The first-order valence-electron chi connectivity index (χ1n) is 13.9. The molecule has 4 N–H and O–H groups in total. The van der Waals surface area contributed by atoms with Crippen LogP contribution in [0.1, 0.15) is 44.0 Å². The average molecular weight is 562 g/mol. The molecule has 0 bridgehead atoms. The number of amides is 4. The highest BCUT2D eigenvalue weighted by atomic mass is 16.5. The number of aliphatic hydroxyl groups excluding tert-OH is 1. The minimum absolute atomic E-state index is 0.0199. The number of methoxy groups -OCH3 is 1. The number of nitrogens with zero attached hydrogens (tertiary/aromatic N) is 2. The van der Waals surface area contributed by atoms with Gasteiger partial charge < -0.3 is 35.4 Å². The fraction of sp³-hybridized carbons (Fsp3) is 0.643. The highest BCUT2D eigenvalue weighted by Gasteiger charge is 2.32. The first kappa shape index (κ1) is 31.3. The Morgan fingerprint density at radius 2 is 1.77 bits per heavy atom. The zero-order valence-corrected chi connectivity index (χ0v) is 23.9. The lowest BCUT2D eigenvalue weighted by Crippen LogP contribution is -2.56. The highest BCUT2D eigenvalue weighted by Crippen LogP contribution is 2.20. The van der Waals surface area contributed by atoms with E-state index in [-0.39, 0.29) is 36.8 Å². The summed E-state index contributed by atoms with van der Waals surface area (Å²) in [7, 11) is 1.65. The van der Waals surface area contributed by atoms with Gasteiger partial charge in [0.05, 0.1) is 24.3 Å². The van der Waals surface area contributed by atoms with E-state index in [1.807, 2.05) is 13.8 Å². The molecular weight excluding hydrogens is 518 g/mol. The van der Waals surface area contributed by atoms with Gasteiger partial charge in [0, 0.05) is 46.3 Å². The lowest BCUT2D eigenvalue weighted by molar-refractivity contribution is -0.136. The first-order chi connectivity index (χ1) is 19.1. The lowest BCUT2D eigenvalue weighted by Gasteiger charge is -2.36. The molecule has 0 radical (unpaired) electrons. The molecule has 1 aromatic rings. The van der Waals surface area contributed by atoms with Crippen molar-refractivity contribution in [3.8, 4) is 5.75 Å². The number of rotatable bonds is 6. The second kappa shape index (κ2) is 15.0. The predicted octanol–water partition coefficient (Wildman–Crippen LogP) is -0.245. The number of hydrogen-bond acceptors (Lipinski definition) is 8. The smallest absolute Gasteiger partial charge is 0.255 e. The Morgan fingerprint density at radius 1 is 1.07 bits per heavy atom. The van der Waals surface area contributed by atoms with Crippen LogP contribution in [0.4, 0.5) is 0 Å². The summed E-state index contributed by atoms with van der Waals surface area (Å²) in [5.74, 6) is -1.54. The molecule has 4 amide bonds. The largest absolute Gasteiger partial charge is 0.491 e. The zero-order chi connectivity index (χ0) is 29.2. The summed E-state index contributed by atoms with van der Waals surface area (Å²) >= 11 is 0. The van der Waals surface area contributed by atoms with Crippen molar-refractivity contribution >= 4 is 23.6 Å². The van der Waals surface area contributed by atoms with Crippen LogP contribution in [0.3, 0.4) is 0 Å². The van der Waals surface area contributed by atoms with Crippen molar-refractivity contribution in [1.82, 2.24) is 25.8 Å². The molecule has 0 aliphatic carbocycles. The van der Waals surface area contributed by atoms with Crippen molar-refractivity contribution in [3.05, 3.63) is 29.8 Å². The zero-order valence-electron chi connectivity index (χ0n) is 23.9. The third-order valence-corrected chi connectivity index (χ3v) is 7.32. The van der Waals surface area contributed by atoms with Gasteiger partial charge in [-0.3, -0.25) is 24.1 Å². The minimum atomic E-state index is -1.19. The number of piperazine rings is 1. The molecule has 222 valence electrons. The van der Waals surface area contributed by atoms with Crippen LogP contribution in [0.5, 0.6) is 5.75 Å². The Balaban J connectivity index is 1.85. The average Bonchev–Trinajstić information content (AvgIpc) is 2.94. The molecule has 2 aliphatic rings. The van der Waals surface area contributed by atoms with Gasteiger partial charge in [-0.25, -0.2) is 0 Å². The molecule has 0 aromatic heterocycles. The lowest BCUT2D eigenvalue weighted by atomic mass is 10.0. The minimum Gasteiger partial charge on any atom is -0.491 e. The monoisotopic (exact) mass is 561 g/mol. The molecular formula is C28H43N5O7. The molecule has 1 aromatic carbocycles. The number of nitrogens with one attached hydrogen (secondary N) is 3. The van der Waals surface area contributed by atoms with Crippen molar-refractivity contribution in [2.75, 3.05) is 53.0 Å². The third-order valence-electron chi connectivity index (χ3n) is 7.32. The molecule has 40 heavy (non-hydrogen) atoms. The Bertz CT molecular complexity index is 1030. The van der Waals surface area contributed by atoms with Crippen molar-refractivity contribution in [2.24, 2.45) is 5.92 Å². The maximum absolute atomic E-state index is 13.6. The fourth-order valence-corrected chi connectivity index (χ4v) is 4.69. The molecule has 2 aliphatic heterocycles. The molecule has 0 saturated carbocycles. The van der Waals surface area contributed by atoms with E-state index in [1.165, 1.54) is 6.92 Å². The van der Waals surface area contributed by atoms with Gasteiger partial charge in [0.25, 0.3) is 5.91 Å². The van der Waals surface area contributed by atoms with E-state index in [4.69, 9.17) is 9.47 Å². The Labute approximate surface area is 235 Å². The SMILES string of the molecule is COCCN1CCN(C(=O)[C@@H]2CCC(=O)N[C@@H]([C@@H](C)O)C(=O)N[C@@H](C(C)C)COc3ccccc3C(=O)N2)CC1. The van der Waals surface area contributed by atoms with Crippen LogP contribution >= 0.6 is 0 Å². The Hall–Kier alpha value is -3.22. The van der Waals surface area contributed by atoms with Crippen molar-refractivity contribution in [1.29, 1.82) is 0 Å². The van der Waals surface area contributed by atoms with Gasteiger partial charge in [-0.2, -0.15) is 0 Å². The summed E-state index contributed by atoms with van der Waals surface area (Å²) in [6.07, 6.45) is -1.26. The molecule has 12 heteroatoms. The number of benzene rings is 1. The van der Waals surface area contributed by atoms with E-state index in [1.54, 1.807) is 36.3 Å². The molecule has 1 saturated heterocycles. The second-order valence-electron chi connectivity index (χ2n) is 10.7. The molecule has 0 unspecified atom stereocenters. The molecule has 12 nitrogen and oxygen atoms in total. The van der Waals surface area contributed by atoms with Crippen molar-refractivity contribution in [3.63, 3.8) is 0 Å². The van der Waals surface area contributed by atoms with Gasteiger partial charge >= 0.3 is 0 Å². The van der Waals surface area contributed by atoms with Gasteiger partial charge in [-0.05, 0) is 31.4 Å². The number of carbonyl (C=O) groups excluding carboxylic acids is 4. The van der Waals surface area contributed by atoms with Gasteiger partial charge in [0.15, 0.2) is 0 Å². The quantitative estimate of drug-likeness (QED) is 0.372. The summed E-state index contributed by atoms with van der Waals surface area (Å²) in [4.78, 5) is 56.8. The summed E-state index contributed by atoms with van der Waals surface area (Å²) in [6, 6.07) is 4.10. The summed E-state index contributed by atoms with van der Waals surface area (Å²) in [6.45, 7) is 9.00. The van der Waals surface area contributed by atoms with E-state index in [0.717, 1.165) is 6.54 Å². The molecule has 1 fully saturated rings. The number of hydrogen-bond donors (Lipinski definition) is 4. The summed E-state index contributed by atoms with van der Waals surface area (Å²) < 4.78 is 11.1.